The van der Waals surface area contributed by atoms with Gasteiger partial charge in [-0.05, 0) is 37.3 Å². The maximum atomic E-state index is 13.6. The molecule has 1 aliphatic carbocycles. The van der Waals surface area contributed by atoms with Crippen molar-refractivity contribution in [2.24, 2.45) is 11.3 Å². The molecule has 0 bridgehead atoms. The Bertz CT molecular complexity index is 1470. The molecule has 0 atom stereocenters. The zero-order valence-electron chi connectivity index (χ0n) is 21.9. The molecule has 1 saturated heterocycles. The maximum absolute atomic E-state index is 13.6. The largest absolute Gasteiger partial charge is 0.366 e. The van der Waals surface area contributed by atoms with Gasteiger partial charge in [-0.15, -0.1) is 10.2 Å². The summed E-state index contributed by atoms with van der Waals surface area (Å²) in [6.45, 7) is 10.2. The van der Waals surface area contributed by atoms with Crippen molar-refractivity contribution in [2.75, 3.05) is 36.8 Å². The lowest BCUT2D eigenvalue weighted by molar-refractivity contribution is -0.134. The topological polar surface area (TPSA) is 101 Å². The Labute approximate surface area is 224 Å². The zero-order valence-corrected chi connectivity index (χ0v) is 23.6. The van der Waals surface area contributed by atoms with Crippen LogP contribution in [-0.4, -0.2) is 71.1 Å². The standard InChI is InChI=1S/C25H32F2N6O3S2/c1-5-33-20-17(19(30-33)22-28-29-23(37-22)21(26)27)12-16(38(35,36)14-25(4)6-7-25)13-18(20)31-8-10-32(11-9-31)24(34)15(2)3/h12-13,15,21H,5-11,14H2,1-4H3. The minimum atomic E-state index is -3.63. The van der Waals surface area contributed by atoms with Crippen LogP contribution in [0, 0.1) is 11.3 Å². The monoisotopic (exact) mass is 566 g/mol. The number of hydrogen-bond acceptors (Lipinski definition) is 8. The fraction of sp³-hybridized carbons (Fsp3) is 0.600. The summed E-state index contributed by atoms with van der Waals surface area (Å²) >= 11 is 0.758. The van der Waals surface area contributed by atoms with Crippen molar-refractivity contribution in [1.82, 2.24) is 24.9 Å². The number of halogens is 2. The van der Waals surface area contributed by atoms with E-state index in [2.05, 4.69) is 20.2 Å². The summed E-state index contributed by atoms with van der Waals surface area (Å²) in [7, 11) is -3.63. The van der Waals surface area contributed by atoms with Crippen LogP contribution in [0.15, 0.2) is 17.0 Å². The van der Waals surface area contributed by atoms with E-state index < -0.39 is 21.3 Å². The van der Waals surface area contributed by atoms with Crippen LogP contribution in [0.5, 0.6) is 0 Å². The molecule has 206 valence electrons. The van der Waals surface area contributed by atoms with Crippen LogP contribution in [0.25, 0.3) is 21.6 Å². The number of nitrogens with zero attached hydrogens (tertiary/aromatic N) is 6. The van der Waals surface area contributed by atoms with Gasteiger partial charge in [-0.25, -0.2) is 17.2 Å². The molecule has 1 aliphatic heterocycles. The van der Waals surface area contributed by atoms with Gasteiger partial charge >= 0.3 is 0 Å². The summed E-state index contributed by atoms with van der Waals surface area (Å²) in [6.07, 6.45) is -1.02. The first-order valence-electron chi connectivity index (χ1n) is 12.9. The highest BCUT2D eigenvalue weighted by Gasteiger charge is 2.42. The molecule has 1 saturated carbocycles. The quantitative estimate of drug-likeness (QED) is 0.399. The molecule has 0 spiro atoms. The number of carbonyl (C=O) groups excluding carboxylic acids is 1. The minimum Gasteiger partial charge on any atom is -0.366 e. The van der Waals surface area contributed by atoms with Gasteiger partial charge in [-0.3, -0.25) is 9.48 Å². The summed E-state index contributed by atoms with van der Waals surface area (Å²) in [5.41, 5.74) is 1.55. The number of carbonyl (C=O) groups is 1. The fourth-order valence-corrected chi connectivity index (χ4v) is 7.59. The van der Waals surface area contributed by atoms with Gasteiger partial charge in [-0.1, -0.05) is 32.1 Å². The van der Waals surface area contributed by atoms with Gasteiger partial charge in [-0.2, -0.15) is 5.10 Å². The van der Waals surface area contributed by atoms with Crippen LogP contribution in [-0.2, 0) is 21.2 Å². The second kappa shape index (κ2) is 9.82. The molecule has 38 heavy (non-hydrogen) atoms. The van der Waals surface area contributed by atoms with Crippen LogP contribution in [0.4, 0.5) is 14.5 Å². The van der Waals surface area contributed by atoms with E-state index in [1.54, 1.807) is 16.8 Å². The minimum absolute atomic E-state index is 0.0488. The molecule has 0 unspecified atom stereocenters. The molecule has 3 aromatic rings. The molecule has 1 amide bonds. The van der Waals surface area contributed by atoms with E-state index in [0.717, 1.165) is 29.7 Å². The number of benzene rings is 1. The van der Waals surface area contributed by atoms with Crippen LogP contribution < -0.4 is 4.90 Å². The van der Waals surface area contributed by atoms with Crippen molar-refractivity contribution in [2.45, 2.75) is 58.4 Å². The Kier molecular flexibility index (Phi) is 6.95. The molecule has 2 fully saturated rings. The van der Waals surface area contributed by atoms with E-state index in [1.807, 2.05) is 32.6 Å². The normalized spacial score (nSPS) is 17.7. The number of rotatable bonds is 8. The lowest BCUT2D eigenvalue weighted by Gasteiger charge is -2.37. The van der Waals surface area contributed by atoms with Crippen molar-refractivity contribution in [3.05, 3.63) is 17.1 Å². The predicted octanol–water partition coefficient (Wildman–Crippen LogP) is 4.39. The summed E-state index contributed by atoms with van der Waals surface area (Å²) in [5.74, 6) is 0.0446. The molecule has 0 radical (unpaired) electrons. The first-order valence-corrected chi connectivity index (χ1v) is 15.3. The third-order valence-electron chi connectivity index (χ3n) is 7.35. The van der Waals surface area contributed by atoms with Crippen molar-refractivity contribution >= 4 is 43.7 Å². The molecule has 1 aromatic carbocycles. The molecule has 0 N–H and O–H groups in total. The molecule has 13 heteroatoms. The molecule has 3 heterocycles. The van der Waals surface area contributed by atoms with E-state index in [-0.39, 0.29) is 32.9 Å². The van der Waals surface area contributed by atoms with E-state index in [9.17, 15) is 22.0 Å². The SMILES string of the molecule is CCn1nc(-c2nnc(C(F)F)s2)c2cc(S(=O)(=O)CC3(C)CC3)cc(N3CCN(C(=O)C(C)C)CC3)c21. The fourth-order valence-electron chi connectivity index (χ4n) is 4.93. The number of hydrogen-bond donors (Lipinski definition) is 0. The Hall–Kier alpha value is -2.67. The van der Waals surface area contributed by atoms with Crippen molar-refractivity contribution in [3.8, 4) is 10.7 Å². The number of sulfone groups is 1. The Morgan fingerprint density at radius 2 is 1.82 bits per heavy atom. The Morgan fingerprint density at radius 3 is 2.37 bits per heavy atom. The molecule has 5 rings (SSSR count). The van der Waals surface area contributed by atoms with Gasteiger partial charge in [0.25, 0.3) is 6.43 Å². The third-order valence-corrected chi connectivity index (χ3v) is 10.3. The molecular weight excluding hydrogens is 534 g/mol. The lowest BCUT2D eigenvalue weighted by Crippen LogP contribution is -2.50. The smallest absolute Gasteiger partial charge is 0.291 e. The lowest BCUT2D eigenvalue weighted by atomic mass is 10.1. The third kappa shape index (κ3) is 5.02. The van der Waals surface area contributed by atoms with E-state index in [4.69, 9.17) is 0 Å². The van der Waals surface area contributed by atoms with Gasteiger partial charge in [0.1, 0.15) is 5.69 Å². The molecule has 9 nitrogen and oxygen atoms in total. The number of anilines is 1. The molecular formula is C25H32F2N6O3S2. The Balaban J connectivity index is 1.64. The summed E-state index contributed by atoms with van der Waals surface area (Å²) in [6, 6.07) is 3.32. The average molecular weight is 567 g/mol. The number of amides is 1. The first kappa shape index (κ1) is 26.9. The van der Waals surface area contributed by atoms with E-state index >= 15 is 0 Å². The van der Waals surface area contributed by atoms with Crippen molar-refractivity contribution in [1.29, 1.82) is 0 Å². The summed E-state index contributed by atoms with van der Waals surface area (Å²) in [4.78, 5) is 16.6. The summed E-state index contributed by atoms with van der Waals surface area (Å²) < 4.78 is 55.5. The highest BCUT2D eigenvalue weighted by atomic mass is 32.2. The average Bonchev–Trinajstić information content (AvgIpc) is 3.26. The number of fused-ring (bicyclic) bond motifs is 1. The van der Waals surface area contributed by atoms with E-state index in [0.29, 0.717) is 49.5 Å². The van der Waals surface area contributed by atoms with Gasteiger partial charge in [0.2, 0.25) is 5.91 Å². The maximum Gasteiger partial charge on any atom is 0.291 e. The van der Waals surface area contributed by atoms with Gasteiger partial charge in [0.05, 0.1) is 21.9 Å². The van der Waals surface area contributed by atoms with E-state index in [1.165, 1.54) is 0 Å². The molecule has 2 aliphatic rings. The number of alkyl halides is 2. The number of aromatic nitrogens is 4. The second-order valence-corrected chi connectivity index (χ2v) is 13.8. The van der Waals surface area contributed by atoms with Gasteiger partial charge in [0, 0.05) is 44.0 Å². The van der Waals surface area contributed by atoms with Crippen LogP contribution in [0.1, 0.15) is 52.0 Å². The highest BCUT2D eigenvalue weighted by molar-refractivity contribution is 7.91. The highest BCUT2D eigenvalue weighted by Crippen LogP contribution is 2.47. The second-order valence-electron chi connectivity index (χ2n) is 10.8. The summed E-state index contributed by atoms with van der Waals surface area (Å²) in [5, 5.41) is 12.6. The van der Waals surface area contributed by atoms with Crippen LogP contribution in [0.3, 0.4) is 0 Å². The van der Waals surface area contributed by atoms with Crippen molar-refractivity contribution in [3.63, 3.8) is 0 Å². The van der Waals surface area contributed by atoms with Crippen LogP contribution >= 0.6 is 11.3 Å². The van der Waals surface area contributed by atoms with Gasteiger partial charge in [0.15, 0.2) is 19.9 Å². The Morgan fingerprint density at radius 1 is 1.13 bits per heavy atom. The van der Waals surface area contributed by atoms with Crippen LogP contribution in [0.2, 0.25) is 0 Å². The first-order chi connectivity index (χ1) is 17.9. The van der Waals surface area contributed by atoms with Crippen molar-refractivity contribution < 1.29 is 22.0 Å². The zero-order chi connectivity index (χ0) is 27.4. The number of piperazine rings is 1. The number of aryl methyl sites for hydroxylation is 1. The van der Waals surface area contributed by atoms with Gasteiger partial charge < -0.3 is 9.80 Å². The molecule has 2 aromatic heterocycles. The predicted molar refractivity (Wildman–Crippen MR) is 142 cm³/mol.